The molecule has 1 aromatic rings. The molecule has 1 heterocycles. The fraction of sp³-hybridized carbons (Fsp3) is 0.462. The number of hydrogen-bond donors (Lipinski definition) is 1. The lowest BCUT2D eigenvalue weighted by Gasteiger charge is -2.20. The minimum atomic E-state index is 0.615. The molecular weight excluding hydrogens is 234 g/mol. The molecule has 0 saturated carbocycles. The highest BCUT2D eigenvalue weighted by molar-refractivity contribution is 6.33. The highest BCUT2D eigenvalue weighted by Crippen LogP contribution is 2.30. The second-order valence-electron chi connectivity index (χ2n) is 4.44. The molecule has 0 aliphatic carbocycles. The molecule has 0 radical (unpaired) electrons. The van der Waals surface area contributed by atoms with Crippen LogP contribution in [0.25, 0.3) is 0 Å². The van der Waals surface area contributed by atoms with Gasteiger partial charge in [-0.3, -0.25) is 0 Å². The lowest BCUT2D eigenvalue weighted by Crippen LogP contribution is -2.24. The highest BCUT2D eigenvalue weighted by Gasteiger charge is 2.23. The molecule has 0 spiro atoms. The van der Waals surface area contributed by atoms with Crippen LogP contribution >= 0.6 is 11.6 Å². The first-order chi connectivity index (χ1) is 8.24. The molecule has 0 bridgehead atoms. The Morgan fingerprint density at radius 2 is 2.41 bits per heavy atom. The molecule has 1 aliphatic rings. The van der Waals surface area contributed by atoms with E-state index < -0.39 is 0 Å². The van der Waals surface area contributed by atoms with Crippen LogP contribution in [0.2, 0.25) is 5.02 Å². The van der Waals surface area contributed by atoms with Gasteiger partial charge in [0.25, 0.3) is 0 Å². The van der Waals surface area contributed by atoms with Crippen molar-refractivity contribution >= 4 is 17.3 Å². The number of nitriles is 1. The third-order valence-electron chi connectivity index (χ3n) is 3.20. The summed E-state index contributed by atoms with van der Waals surface area (Å²) in [6, 6.07) is 7.61. The summed E-state index contributed by atoms with van der Waals surface area (Å²) in [5, 5.41) is 12.7. The van der Waals surface area contributed by atoms with Gasteiger partial charge in [0.1, 0.15) is 0 Å². The van der Waals surface area contributed by atoms with Crippen LogP contribution in [0, 0.1) is 17.2 Å². The summed E-state index contributed by atoms with van der Waals surface area (Å²) in [5.41, 5.74) is 1.66. The van der Waals surface area contributed by atoms with E-state index in [1.165, 1.54) is 6.42 Å². The van der Waals surface area contributed by atoms with Crippen molar-refractivity contribution in [3.8, 4) is 6.07 Å². The first-order valence-electron chi connectivity index (χ1n) is 5.83. The van der Waals surface area contributed by atoms with Crippen LogP contribution in [0.4, 0.5) is 5.69 Å². The Balaban J connectivity index is 2.11. The van der Waals surface area contributed by atoms with Crippen LogP contribution in [0.5, 0.6) is 0 Å². The monoisotopic (exact) mass is 249 g/mol. The summed E-state index contributed by atoms with van der Waals surface area (Å²) in [7, 11) is 1.98. The van der Waals surface area contributed by atoms with Gasteiger partial charge >= 0.3 is 0 Å². The van der Waals surface area contributed by atoms with Crippen LogP contribution in [0.3, 0.4) is 0 Å². The van der Waals surface area contributed by atoms with Crippen molar-refractivity contribution in [1.29, 1.82) is 5.26 Å². The number of benzene rings is 1. The summed E-state index contributed by atoms with van der Waals surface area (Å²) in [5.74, 6) is 0.687. The first-order valence-corrected chi connectivity index (χ1v) is 6.21. The number of anilines is 1. The maximum absolute atomic E-state index is 8.80. The minimum absolute atomic E-state index is 0.615. The number of hydrogen-bond acceptors (Lipinski definition) is 3. The van der Waals surface area contributed by atoms with Gasteiger partial charge in [0.05, 0.1) is 22.3 Å². The predicted octanol–water partition coefficient (Wildman–Crippen LogP) is 2.26. The average molecular weight is 250 g/mol. The van der Waals surface area contributed by atoms with Gasteiger partial charge in [-0.2, -0.15) is 5.26 Å². The van der Waals surface area contributed by atoms with E-state index >= 15 is 0 Å². The highest BCUT2D eigenvalue weighted by atomic mass is 35.5. The van der Waals surface area contributed by atoms with Gasteiger partial charge in [-0.1, -0.05) is 11.6 Å². The topological polar surface area (TPSA) is 39.1 Å². The molecule has 0 aromatic heterocycles. The van der Waals surface area contributed by atoms with Crippen molar-refractivity contribution in [1.82, 2.24) is 5.32 Å². The van der Waals surface area contributed by atoms with E-state index in [9.17, 15) is 0 Å². The second-order valence-corrected chi connectivity index (χ2v) is 4.84. The van der Waals surface area contributed by atoms with Crippen LogP contribution in [-0.2, 0) is 0 Å². The van der Waals surface area contributed by atoms with Crippen molar-refractivity contribution in [2.24, 2.45) is 5.92 Å². The van der Waals surface area contributed by atoms with Gasteiger partial charge in [-0.25, -0.2) is 0 Å². The van der Waals surface area contributed by atoms with Crippen molar-refractivity contribution in [3.63, 3.8) is 0 Å². The number of rotatable bonds is 3. The maximum atomic E-state index is 8.80. The molecule has 0 amide bonds. The van der Waals surface area contributed by atoms with Crippen molar-refractivity contribution in [2.45, 2.75) is 6.42 Å². The summed E-state index contributed by atoms with van der Waals surface area (Å²) in [6.45, 7) is 3.12. The van der Waals surface area contributed by atoms with E-state index in [4.69, 9.17) is 16.9 Å². The molecule has 1 aromatic carbocycles. The summed E-state index contributed by atoms with van der Waals surface area (Å²) < 4.78 is 0. The Bertz CT molecular complexity index is 439. The number of halogens is 1. The molecule has 17 heavy (non-hydrogen) atoms. The van der Waals surface area contributed by atoms with E-state index in [1.54, 1.807) is 6.07 Å². The quantitative estimate of drug-likeness (QED) is 0.893. The lowest BCUT2D eigenvalue weighted by atomic mass is 10.1. The molecule has 1 N–H and O–H groups in total. The second kappa shape index (κ2) is 5.39. The lowest BCUT2D eigenvalue weighted by molar-refractivity contribution is 0.549. The normalized spacial score (nSPS) is 19.4. The maximum Gasteiger partial charge on any atom is 0.0992 e. The molecule has 1 atom stereocenters. The Morgan fingerprint density at radius 3 is 3.06 bits per heavy atom. The molecule has 1 fully saturated rings. The van der Waals surface area contributed by atoms with Crippen molar-refractivity contribution < 1.29 is 0 Å². The Hall–Kier alpha value is -1.24. The van der Waals surface area contributed by atoms with Crippen LogP contribution in [0.1, 0.15) is 12.0 Å². The van der Waals surface area contributed by atoms with Gasteiger partial charge in [0.15, 0.2) is 0 Å². The number of nitrogens with zero attached hydrogens (tertiary/aromatic N) is 2. The van der Waals surface area contributed by atoms with Crippen LogP contribution in [0.15, 0.2) is 18.2 Å². The first kappa shape index (κ1) is 12.2. The molecule has 2 rings (SSSR count). The van der Waals surface area contributed by atoms with Crippen LogP contribution in [-0.4, -0.2) is 26.7 Å². The van der Waals surface area contributed by atoms with Gasteiger partial charge in [0, 0.05) is 13.1 Å². The Morgan fingerprint density at radius 1 is 1.59 bits per heavy atom. The fourth-order valence-corrected chi connectivity index (χ4v) is 2.64. The molecular formula is C13H16ClN3. The van der Waals surface area contributed by atoms with Crippen molar-refractivity contribution in [2.75, 3.05) is 31.6 Å². The SMILES string of the molecule is CNCC1CCN(c2ccc(C#N)cc2Cl)C1. The van der Waals surface area contributed by atoms with Crippen molar-refractivity contribution in [3.05, 3.63) is 28.8 Å². The third kappa shape index (κ3) is 2.71. The molecule has 4 heteroatoms. The van der Waals surface area contributed by atoms with Gasteiger partial charge < -0.3 is 10.2 Å². The Labute approximate surface area is 107 Å². The zero-order chi connectivity index (χ0) is 12.3. The number of nitrogens with one attached hydrogen (secondary N) is 1. The minimum Gasteiger partial charge on any atom is -0.370 e. The summed E-state index contributed by atoms with van der Waals surface area (Å²) >= 11 is 6.20. The van der Waals surface area contributed by atoms with Gasteiger partial charge in [-0.05, 0) is 44.1 Å². The van der Waals surface area contributed by atoms with E-state index in [2.05, 4.69) is 16.3 Å². The molecule has 1 saturated heterocycles. The average Bonchev–Trinajstić information content (AvgIpc) is 2.78. The van der Waals surface area contributed by atoms with E-state index in [0.29, 0.717) is 16.5 Å². The van der Waals surface area contributed by atoms with Gasteiger partial charge in [-0.15, -0.1) is 0 Å². The van der Waals surface area contributed by atoms with E-state index in [-0.39, 0.29) is 0 Å². The predicted molar refractivity (Wildman–Crippen MR) is 70.4 cm³/mol. The van der Waals surface area contributed by atoms with E-state index in [1.807, 2.05) is 19.2 Å². The molecule has 1 aliphatic heterocycles. The largest absolute Gasteiger partial charge is 0.370 e. The molecule has 90 valence electrons. The van der Waals surface area contributed by atoms with Crippen LogP contribution < -0.4 is 10.2 Å². The smallest absolute Gasteiger partial charge is 0.0992 e. The Kier molecular flexibility index (Phi) is 3.88. The summed E-state index contributed by atoms with van der Waals surface area (Å²) in [6.07, 6.45) is 1.19. The van der Waals surface area contributed by atoms with Gasteiger partial charge in [0.2, 0.25) is 0 Å². The zero-order valence-corrected chi connectivity index (χ0v) is 10.7. The fourth-order valence-electron chi connectivity index (χ4n) is 2.34. The van der Waals surface area contributed by atoms with E-state index in [0.717, 1.165) is 25.3 Å². The third-order valence-corrected chi connectivity index (χ3v) is 3.50. The summed E-state index contributed by atoms with van der Waals surface area (Å²) in [4.78, 5) is 2.30. The molecule has 1 unspecified atom stereocenters. The standard InChI is InChI=1S/C13H16ClN3/c1-16-8-11-4-5-17(9-11)13-3-2-10(7-15)6-12(13)14/h2-3,6,11,16H,4-5,8-9H2,1H3. The molecule has 3 nitrogen and oxygen atoms in total. The zero-order valence-electron chi connectivity index (χ0n) is 9.91.